The Morgan fingerprint density at radius 2 is 1.91 bits per heavy atom. The number of benzene rings is 1. The second-order valence-electron chi connectivity index (χ2n) is 4.61. The van der Waals surface area contributed by atoms with E-state index in [1.54, 1.807) is 24.3 Å². The molecule has 0 unspecified atom stereocenters. The van der Waals surface area contributed by atoms with Gasteiger partial charge in [-0.25, -0.2) is 0 Å². The molecule has 2 rings (SSSR count). The van der Waals surface area contributed by atoms with Gasteiger partial charge in [0, 0.05) is 17.8 Å². The summed E-state index contributed by atoms with van der Waals surface area (Å²) >= 11 is 5.74. The topological polar surface area (TPSA) is 106 Å². The molecule has 8 nitrogen and oxygen atoms in total. The van der Waals surface area contributed by atoms with Gasteiger partial charge in [-0.1, -0.05) is 11.6 Å². The third kappa shape index (κ3) is 4.30. The molecule has 0 aliphatic rings. The summed E-state index contributed by atoms with van der Waals surface area (Å²) < 4.78 is 4.80. The first-order chi connectivity index (χ1) is 10.9. The van der Waals surface area contributed by atoms with E-state index in [-0.39, 0.29) is 12.3 Å². The smallest absolute Gasteiger partial charge is 0.395 e. The normalized spacial score (nSPS) is 10.2. The van der Waals surface area contributed by atoms with Crippen LogP contribution >= 0.6 is 11.6 Å². The van der Waals surface area contributed by atoms with Crippen LogP contribution in [0.2, 0.25) is 5.02 Å². The number of hydrogen-bond donors (Lipinski definition) is 1. The lowest BCUT2D eigenvalue weighted by molar-refractivity contribution is -0.402. The minimum Gasteiger partial charge on any atom is -0.395 e. The Morgan fingerprint density at radius 3 is 2.48 bits per heavy atom. The predicted molar refractivity (Wildman–Crippen MR) is 82.4 cm³/mol. The molecule has 120 valence electrons. The van der Waals surface area contributed by atoms with Crippen molar-refractivity contribution >= 4 is 35.0 Å². The molecule has 0 saturated heterocycles. The fourth-order valence-corrected chi connectivity index (χ4v) is 1.88. The Kier molecular flexibility index (Phi) is 4.97. The van der Waals surface area contributed by atoms with Gasteiger partial charge in [0.15, 0.2) is 5.76 Å². The van der Waals surface area contributed by atoms with Crippen molar-refractivity contribution in [2.45, 2.75) is 0 Å². The molecule has 0 aliphatic carbocycles. The summed E-state index contributed by atoms with van der Waals surface area (Å²) in [4.78, 5) is 34.8. The average Bonchev–Trinajstić information content (AvgIpc) is 2.98. The molecule has 0 spiro atoms. The van der Waals surface area contributed by atoms with E-state index in [1.807, 2.05) is 0 Å². The highest BCUT2D eigenvalue weighted by Gasteiger charge is 2.21. The molecule has 1 heterocycles. The van der Waals surface area contributed by atoms with Crippen LogP contribution in [0.1, 0.15) is 10.6 Å². The van der Waals surface area contributed by atoms with Gasteiger partial charge in [0.05, 0.1) is 12.6 Å². The number of nitrogens with one attached hydrogen (secondary N) is 1. The van der Waals surface area contributed by atoms with Crippen molar-refractivity contribution in [2.75, 3.05) is 18.9 Å². The van der Waals surface area contributed by atoms with Crippen molar-refractivity contribution in [3.05, 3.63) is 57.3 Å². The van der Waals surface area contributed by atoms with Gasteiger partial charge in [-0.15, -0.1) is 0 Å². The summed E-state index contributed by atoms with van der Waals surface area (Å²) in [5.41, 5.74) is 0.536. The first-order valence-electron chi connectivity index (χ1n) is 6.42. The maximum atomic E-state index is 12.0. The van der Waals surface area contributed by atoms with E-state index < -0.39 is 22.6 Å². The van der Waals surface area contributed by atoms with Gasteiger partial charge in [0.1, 0.15) is 4.92 Å². The molecule has 23 heavy (non-hydrogen) atoms. The molecule has 2 amide bonds. The zero-order valence-corrected chi connectivity index (χ0v) is 12.7. The van der Waals surface area contributed by atoms with E-state index in [0.717, 1.165) is 11.0 Å². The average molecular weight is 338 g/mol. The SMILES string of the molecule is CN(CC(=O)Nc1ccc(Cl)cc1)C(=O)c1ccc([N+](=O)[O-])o1. The minimum atomic E-state index is -0.746. The van der Waals surface area contributed by atoms with Crippen molar-refractivity contribution in [3.63, 3.8) is 0 Å². The van der Waals surface area contributed by atoms with Crippen LogP contribution in [0.15, 0.2) is 40.8 Å². The van der Waals surface area contributed by atoms with Crippen molar-refractivity contribution in [2.24, 2.45) is 0 Å². The number of nitro groups is 1. The molecule has 1 aromatic heterocycles. The summed E-state index contributed by atoms with van der Waals surface area (Å²) in [7, 11) is 1.39. The third-order valence-corrected chi connectivity index (χ3v) is 3.09. The molecule has 0 aliphatic heterocycles. The Hall–Kier alpha value is -2.87. The molecule has 0 atom stereocenters. The summed E-state index contributed by atoms with van der Waals surface area (Å²) in [5, 5.41) is 13.7. The summed E-state index contributed by atoms with van der Waals surface area (Å²) in [6.45, 7) is -0.240. The molecule has 2 aromatic rings. The van der Waals surface area contributed by atoms with Crippen LogP contribution in [-0.4, -0.2) is 35.2 Å². The van der Waals surface area contributed by atoms with Crippen LogP contribution < -0.4 is 5.32 Å². The van der Waals surface area contributed by atoms with Crippen LogP contribution in [0.25, 0.3) is 0 Å². The number of nitrogens with zero attached hydrogens (tertiary/aromatic N) is 2. The van der Waals surface area contributed by atoms with E-state index in [9.17, 15) is 19.7 Å². The molecule has 0 fully saturated rings. The van der Waals surface area contributed by atoms with E-state index in [2.05, 4.69) is 5.32 Å². The standard InChI is InChI=1S/C14H12ClN3O5/c1-17(14(20)11-6-7-13(23-11)18(21)22)8-12(19)16-10-4-2-9(15)3-5-10/h2-7H,8H2,1H3,(H,16,19). The fourth-order valence-electron chi connectivity index (χ4n) is 1.75. The van der Waals surface area contributed by atoms with Gasteiger partial charge in [-0.3, -0.25) is 19.7 Å². The largest absolute Gasteiger partial charge is 0.433 e. The highest BCUT2D eigenvalue weighted by molar-refractivity contribution is 6.30. The van der Waals surface area contributed by atoms with Crippen LogP contribution in [0, 0.1) is 10.1 Å². The quantitative estimate of drug-likeness (QED) is 0.666. The Balaban J connectivity index is 1.95. The Bertz CT molecular complexity index is 741. The number of furan rings is 1. The van der Waals surface area contributed by atoms with E-state index >= 15 is 0 Å². The van der Waals surface area contributed by atoms with Crippen molar-refractivity contribution < 1.29 is 18.9 Å². The highest BCUT2D eigenvalue weighted by Crippen LogP contribution is 2.17. The van der Waals surface area contributed by atoms with Crippen LogP contribution in [0.3, 0.4) is 0 Å². The molecule has 0 saturated carbocycles. The maximum absolute atomic E-state index is 12.0. The monoisotopic (exact) mass is 337 g/mol. The number of carbonyl (C=O) groups is 2. The first-order valence-corrected chi connectivity index (χ1v) is 6.79. The highest BCUT2D eigenvalue weighted by atomic mass is 35.5. The minimum absolute atomic E-state index is 0.210. The van der Waals surface area contributed by atoms with E-state index in [4.69, 9.17) is 16.0 Å². The Morgan fingerprint density at radius 1 is 1.26 bits per heavy atom. The van der Waals surface area contributed by atoms with Gasteiger partial charge in [0.2, 0.25) is 5.91 Å². The van der Waals surface area contributed by atoms with Gasteiger partial charge < -0.3 is 14.6 Å². The van der Waals surface area contributed by atoms with Crippen LogP contribution in [0.5, 0.6) is 0 Å². The predicted octanol–water partition coefficient (Wildman–Crippen LogP) is 2.55. The molecule has 1 N–H and O–H groups in total. The second-order valence-corrected chi connectivity index (χ2v) is 5.05. The number of likely N-dealkylation sites (N-methyl/N-ethyl adjacent to an activating group) is 1. The lowest BCUT2D eigenvalue weighted by Crippen LogP contribution is -2.34. The van der Waals surface area contributed by atoms with Crippen LogP contribution in [-0.2, 0) is 4.79 Å². The molecule has 0 radical (unpaired) electrons. The molecule has 0 bridgehead atoms. The molecular weight excluding hydrogens is 326 g/mol. The van der Waals surface area contributed by atoms with Crippen molar-refractivity contribution in [3.8, 4) is 0 Å². The summed E-state index contributed by atoms with van der Waals surface area (Å²) in [6.07, 6.45) is 0. The molecule has 9 heteroatoms. The Labute approximate surface area is 135 Å². The van der Waals surface area contributed by atoms with E-state index in [0.29, 0.717) is 10.7 Å². The first kappa shape index (κ1) is 16.5. The number of anilines is 1. The zero-order chi connectivity index (χ0) is 17.0. The van der Waals surface area contributed by atoms with Crippen molar-refractivity contribution in [1.82, 2.24) is 4.90 Å². The summed E-state index contributed by atoms with van der Waals surface area (Å²) in [6, 6.07) is 8.75. The van der Waals surface area contributed by atoms with Gasteiger partial charge >= 0.3 is 5.88 Å². The van der Waals surface area contributed by atoms with Gasteiger partial charge in [0.25, 0.3) is 5.91 Å². The van der Waals surface area contributed by atoms with Gasteiger partial charge in [-0.2, -0.15) is 0 Å². The molecule has 1 aromatic carbocycles. The van der Waals surface area contributed by atoms with Crippen molar-refractivity contribution in [1.29, 1.82) is 0 Å². The van der Waals surface area contributed by atoms with E-state index in [1.165, 1.54) is 13.1 Å². The fraction of sp³-hybridized carbons (Fsp3) is 0.143. The number of halogens is 1. The number of rotatable bonds is 5. The second kappa shape index (κ2) is 6.93. The van der Waals surface area contributed by atoms with Gasteiger partial charge in [-0.05, 0) is 30.3 Å². The third-order valence-electron chi connectivity index (χ3n) is 2.84. The molecular formula is C14H12ClN3O5. The zero-order valence-electron chi connectivity index (χ0n) is 12.0. The lowest BCUT2D eigenvalue weighted by Gasteiger charge is -2.15. The lowest BCUT2D eigenvalue weighted by atomic mass is 10.3. The maximum Gasteiger partial charge on any atom is 0.433 e. The summed E-state index contributed by atoms with van der Waals surface area (Å²) in [5.74, 6) is -1.81. The number of hydrogen-bond acceptors (Lipinski definition) is 5. The number of amides is 2. The number of carbonyl (C=O) groups excluding carboxylic acids is 2. The van der Waals surface area contributed by atoms with Crippen LogP contribution in [0.4, 0.5) is 11.6 Å².